The van der Waals surface area contributed by atoms with Gasteiger partial charge >= 0.3 is 0 Å². The summed E-state index contributed by atoms with van der Waals surface area (Å²) >= 11 is 13.3. The molecule has 2 aromatic rings. The molecule has 0 bridgehead atoms. The van der Waals surface area contributed by atoms with E-state index in [2.05, 4.69) is 10.3 Å². The molecule has 2 rings (SSSR count). The molecule has 0 saturated heterocycles. The Morgan fingerprint density at radius 1 is 1.48 bits per heavy atom. The van der Waals surface area contributed by atoms with Crippen LogP contribution in [0.2, 0.25) is 10.0 Å². The van der Waals surface area contributed by atoms with E-state index in [1.54, 1.807) is 29.5 Å². The number of benzene rings is 1. The van der Waals surface area contributed by atoms with Gasteiger partial charge in [-0.3, -0.25) is 4.79 Å². The number of nitrogens with one attached hydrogen (secondary N) is 1. The molecule has 4 nitrogen and oxygen atoms in total. The largest absolute Gasteiger partial charge is 0.482 e. The molecule has 0 saturated carbocycles. The molecule has 0 spiro atoms. The average Bonchev–Trinajstić information content (AvgIpc) is 2.84. The summed E-state index contributed by atoms with van der Waals surface area (Å²) in [5.41, 5.74) is 0.843. The maximum Gasteiger partial charge on any atom is 0.258 e. The molecule has 0 fully saturated rings. The molecule has 21 heavy (non-hydrogen) atoms. The minimum Gasteiger partial charge on any atom is -0.482 e. The lowest BCUT2D eigenvalue weighted by Gasteiger charge is -2.13. The van der Waals surface area contributed by atoms with Crippen LogP contribution in [0.15, 0.2) is 23.6 Å². The van der Waals surface area contributed by atoms with Gasteiger partial charge in [0, 0.05) is 10.4 Å². The first-order valence-electron chi connectivity index (χ1n) is 6.25. The highest BCUT2D eigenvalue weighted by atomic mass is 35.5. The fourth-order valence-electron chi connectivity index (χ4n) is 1.67. The zero-order valence-electron chi connectivity index (χ0n) is 11.5. The van der Waals surface area contributed by atoms with Crippen molar-refractivity contribution in [3.63, 3.8) is 0 Å². The SMILES string of the molecule is Cc1nc(C(C)NC(=O)COc2ccc(Cl)cc2Cl)cs1. The normalized spacial score (nSPS) is 12.0. The second kappa shape index (κ2) is 7.11. The van der Waals surface area contributed by atoms with Crippen molar-refractivity contribution >= 4 is 40.4 Å². The third-order valence-corrected chi connectivity index (χ3v) is 4.03. The zero-order valence-corrected chi connectivity index (χ0v) is 13.9. The first kappa shape index (κ1) is 16.1. The number of aryl methyl sites for hydroxylation is 1. The molecule has 1 heterocycles. The summed E-state index contributed by atoms with van der Waals surface area (Å²) in [4.78, 5) is 16.2. The minimum absolute atomic E-state index is 0.116. The molecule has 1 amide bonds. The number of ether oxygens (including phenoxy) is 1. The van der Waals surface area contributed by atoms with Crippen LogP contribution in [0.1, 0.15) is 23.7 Å². The first-order valence-corrected chi connectivity index (χ1v) is 7.88. The molecule has 1 N–H and O–H groups in total. The van der Waals surface area contributed by atoms with Crippen molar-refractivity contribution in [3.8, 4) is 5.75 Å². The lowest BCUT2D eigenvalue weighted by molar-refractivity contribution is -0.123. The Morgan fingerprint density at radius 2 is 2.24 bits per heavy atom. The second-order valence-corrected chi connectivity index (χ2v) is 6.35. The molecular weight excluding hydrogens is 331 g/mol. The Kier molecular flexibility index (Phi) is 5.45. The summed E-state index contributed by atoms with van der Waals surface area (Å²) in [5.74, 6) is 0.188. The van der Waals surface area contributed by atoms with Gasteiger partial charge in [-0.1, -0.05) is 23.2 Å². The predicted molar refractivity (Wildman–Crippen MR) is 85.4 cm³/mol. The van der Waals surface area contributed by atoms with Crippen LogP contribution >= 0.6 is 34.5 Å². The van der Waals surface area contributed by atoms with E-state index in [0.717, 1.165) is 10.7 Å². The molecule has 1 aromatic carbocycles. The van der Waals surface area contributed by atoms with E-state index in [9.17, 15) is 4.79 Å². The molecule has 0 radical (unpaired) electrons. The number of rotatable bonds is 5. The van der Waals surface area contributed by atoms with Gasteiger partial charge in [0.1, 0.15) is 5.75 Å². The van der Waals surface area contributed by atoms with Crippen LogP contribution < -0.4 is 10.1 Å². The minimum atomic E-state index is -0.237. The van der Waals surface area contributed by atoms with Crippen LogP contribution in [0.4, 0.5) is 0 Å². The molecule has 1 atom stereocenters. The second-order valence-electron chi connectivity index (χ2n) is 4.44. The third-order valence-electron chi connectivity index (χ3n) is 2.71. The number of amides is 1. The van der Waals surface area contributed by atoms with Crippen molar-refractivity contribution in [3.05, 3.63) is 44.3 Å². The molecule has 7 heteroatoms. The summed E-state index contributed by atoms with van der Waals surface area (Å²) in [6.07, 6.45) is 0. The molecule has 0 aliphatic carbocycles. The van der Waals surface area contributed by atoms with E-state index < -0.39 is 0 Å². The number of nitrogens with zero attached hydrogens (tertiary/aromatic N) is 1. The van der Waals surface area contributed by atoms with Gasteiger partial charge in [0.05, 0.1) is 21.8 Å². The van der Waals surface area contributed by atoms with Crippen molar-refractivity contribution in [1.29, 1.82) is 0 Å². The summed E-state index contributed by atoms with van der Waals surface area (Å²) in [6.45, 7) is 3.69. The Labute approximate surface area is 137 Å². The van der Waals surface area contributed by atoms with E-state index in [0.29, 0.717) is 15.8 Å². The van der Waals surface area contributed by atoms with Crippen LogP contribution in [0, 0.1) is 6.92 Å². The number of thiazole rings is 1. The summed E-state index contributed by atoms with van der Waals surface area (Å²) in [5, 5.41) is 6.61. The van der Waals surface area contributed by atoms with Gasteiger partial charge in [-0.2, -0.15) is 0 Å². The van der Waals surface area contributed by atoms with Crippen LogP contribution in [-0.4, -0.2) is 17.5 Å². The van der Waals surface area contributed by atoms with Crippen molar-refractivity contribution in [2.45, 2.75) is 19.9 Å². The maximum atomic E-state index is 11.9. The lowest BCUT2D eigenvalue weighted by Crippen LogP contribution is -2.31. The first-order chi connectivity index (χ1) is 9.95. The molecular formula is C14H14Cl2N2O2S. The highest BCUT2D eigenvalue weighted by molar-refractivity contribution is 7.09. The molecule has 112 valence electrons. The van der Waals surface area contributed by atoms with Gasteiger partial charge in [0.25, 0.3) is 5.91 Å². The molecule has 1 unspecified atom stereocenters. The Bertz CT molecular complexity index is 646. The standard InChI is InChI=1S/C14H14Cl2N2O2S/c1-8(12-7-21-9(2)18-12)17-14(19)6-20-13-4-3-10(15)5-11(13)16/h3-5,7-8H,6H2,1-2H3,(H,17,19). The van der Waals surface area contributed by atoms with Crippen molar-refractivity contribution < 1.29 is 9.53 Å². The lowest BCUT2D eigenvalue weighted by atomic mass is 10.2. The summed E-state index contributed by atoms with van der Waals surface area (Å²) in [7, 11) is 0. The van der Waals surface area contributed by atoms with E-state index in [4.69, 9.17) is 27.9 Å². The van der Waals surface area contributed by atoms with Crippen molar-refractivity contribution in [2.75, 3.05) is 6.61 Å². The van der Waals surface area contributed by atoms with E-state index in [1.165, 1.54) is 0 Å². The average molecular weight is 345 g/mol. The van der Waals surface area contributed by atoms with Gasteiger partial charge in [-0.05, 0) is 32.0 Å². The highest BCUT2D eigenvalue weighted by Gasteiger charge is 2.13. The number of halogens is 2. The highest BCUT2D eigenvalue weighted by Crippen LogP contribution is 2.27. The van der Waals surface area contributed by atoms with Crippen LogP contribution in [0.5, 0.6) is 5.75 Å². The smallest absolute Gasteiger partial charge is 0.258 e. The third kappa shape index (κ3) is 4.59. The maximum absolute atomic E-state index is 11.9. The number of aromatic nitrogens is 1. The van der Waals surface area contributed by atoms with Gasteiger partial charge < -0.3 is 10.1 Å². The quantitative estimate of drug-likeness (QED) is 0.891. The van der Waals surface area contributed by atoms with Crippen LogP contribution in [-0.2, 0) is 4.79 Å². The number of carbonyl (C=O) groups is 1. The zero-order chi connectivity index (χ0) is 15.4. The summed E-state index contributed by atoms with van der Waals surface area (Å²) < 4.78 is 5.38. The predicted octanol–water partition coefficient (Wildman–Crippen LogP) is 4.01. The number of hydrogen-bond donors (Lipinski definition) is 1. The van der Waals surface area contributed by atoms with Crippen molar-refractivity contribution in [1.82, 2.24) is 10.3 Å². The fraction of sp³-hybridized carbons (Fsp3) is 0.286. The van der Waals surface area contributed by atoms with Crippen LogP contribution in [0.3, 0.4) is 0 Å². The van der Waals surface area contributed by atoms with E-state index >= 15 is 0 Å². The van der Waals surface area contributed by atoms with Crippen molar-refractivity contribution in [2.24, 2.45) is 0 Å². The fourth-order valence-corrected chi connectivity index (χ4v) is 2.84. The Balaban J connectivity index is 1.87. The van der Waals surface area contributed by atoms with Gasteiger partial charge in [-0.15, -0.1) is 11.3 Å². The Morgan fingerprint density at radius 3 is 2.86 bits per heavy atom. The van der Waals surface area contributed by atoms with E-state index in [-0.39, 0.29) is 18.6 Å². The van der Waals surface area contributed by atoms with Gasteiger partial charge in [-0.25, -0.2) is 4.98 Å². The molecule has 0 aliphatic heterocycles. The molecule has 0 aliphatic rings. The van der Waals surface area contributed by atoms with E-state index in [1.807, 2.05) is 19.2 Å². The number of hydrogen-bond acceptors (Lipinski definition) is 4. The monoisotopic (exact) mass is 344 g/mol. The molecule has 1 aromatic heterocycles. The van der Waals surface area contributed by atoms with Crippen LogP contribution in [0.25, 0.3) is 0 Å². The van der Waals surface area contributed by atoms with Gasteiger partial charge in [0.2, 0.25) is 0 Å². The topological polar surface area (TPSA) is 51.2 Å². The summed E-state index contributed by atoms with van der Waals surface area (Å²) in [6, 6.07) is 4.69. The number of carbonyl (C=O) groups excluding carboxylic acids is 1. The Hall–Kier alpha value is -1.30. The van der Waals surface area contributed by atoms with Gasteiger partial charge in [0.15, 0.2) is 6.61 Å².